The van der Waals surface area contributed by atoms with Crippen molar-refractivity contribution in [3.05, 3.63) is 48.0 Å². The van der Waals surface area contributed by atoms with E-state index in [9.17, 15) is 4.79 Å². The van der Waals surface area contributed by atoms with E-state index >= 15 is 0 Å². The van der Waals surface area contributed by atoms with Crippen LogP contribution in [0.15, 0.2) is 36.9 Å². The van der Waals surface area contributed by atoms with Crippen LogP contribution in [0.3, 0.4) is 0 Å². The molecule has 4 rings (SSSR count). The topological polar surface area (TPSA) is 54.3 Å². The van der Waals surface area contributed by atoms with E-state index in [1.54, 1.807) is 12.4 Å². The third kappa shape index (κ3) is 2.74. The first kappa shape index (κ1) is 14.4. The molecule has 2 atom stereocenters. The summed E-state index contributed by atoms with van der Waals surface area (Å²) in [6, 6.07) is 4.66. The molecule has 2 aromatic rings. The highest BCUT2D eigenvalue weighted by Gasteiger charge is 2.46. The molecular weight excluding hydrogens is 290 g/mol. The van der Waals surface area contributed by atoms with Crippen molar-refractivity contribution >= 4 is 5.91 Å². The Kier molecular flexibility index (Phi) is 3.61. The third-order valence-corrected chi connectivity index (χ3v) is 4.98. The van der Waals surface area contributed by atoms with Crippen LogP contribution in [0, 0.1) is 0 Å². The molecule has 0 aromatic carbocycles. The van der Waals surface area contributed by atoms with Crippen LogP contribution in [0.1, 0.15) is 24.0 Å². The number of nitrogens with zero attached hydrogens (tertiary/aromatic N) is 5. The Bertz CT molecular complexity index is 698. The smallest absolute Gasteiger partial charge is 0.224 e. The number of amides is 1. The van der Waals surface area contributed by atoms with Crippen LogP contribution in [-0.2, 0) is 24.9 Å². The molecule has 6 nitrogen and oxygen atoms in total. The van der Waals surface area contributed by atoms with Gasteiger partial charge >= 0.3 is 0 Å². The lowest BCUT2D eigenvalue weighted by atomic mass is 10.1. The van der Waals surface area contributed by atoms with Crippen molar-refractivity contribution in [2.24, 2.45) is 7.05 Å². The van der Waals surface area contributed by atoms with Crippen molar-refractivity contribution in [3.8, 4) is 0 Å². The van der Waals surface area contributed by atoms with Crippen molar-refractivity contribution in [2.75, 3.05) is 6.54 Å². The average Bonchev–Trinajstić information content (AvgIpc) is 3.21. The maximum absolute atomic E-state index is 12.5. The number of fused-ring (bicyclic) bond motifs is 1. The normalized spacial score (nSPS) is 24.4. The predicted molar refractivity (Wildman–Crippen MR) is 85.2 cm³/mol. The molecule has 23 heavy (non-hydrogen) atoms. The van der Waals surface area contributed by atoms with Gasteiger partial charge in [0.2, 0.25) is 5.91 Å². The van der Waals surface area contributed by atoms with Crippen LogP contribution < -0.4 is 0 Å². The summed E-state index contributed by atoms with van der Waals surface area (Å²) in [7, 11) is 1.94. The Hall–Kier alpha value is -2.21. The molecule has 2 aliphatic rings. The SMILES string of the molecule is Cn1cc(CN2CC[C@H]3[C@H]2CC(=O)N3Cc2ccncc2)cn1. The molecule has 120 valence electrons. The van der Waals surface area contributed by atoms with E-state index in [2.05, 4.69) is 26.1 Å². The molecule has 2 aromatic heterocycles. The second kappa shape index (κ2) is 5.77. The fourth-order valence-electron chi connectivity index (χ4n) is 3.88. The second-order valence-corrected chi connectivity index (χ2v) is 6.50. The molecule has 6 heteroatoms. The Morgan fingerprint density at radius 1 is 1.17 bits per heavy atom. The van der Waals surface area contributed by atoms with Crippen molar-refractivity contribution in [1.29, 1.82) is 0 Å². The Labute approximate surface area is 135 Å². The molecule has 0 saturated carbocycles. The minimum Gasteiger partial charge on any atom is -0.334 e. The van der Waals surface area contributed by atoms with Crippen LogP contribution in [0.25, 0.3) is 0 Å². The van der Waals surface area contributed by atoms with Gasteiger partial charge in [0.1, 0.15) is 0 Å². The minimum atomic E-state index is 0.271. The van der Waals surface area contributed by atoms with Crippen LogP contribution in [0.4, 0.5) is 0 Å². The van der Waals surface area contributed by atoms with Crippen molar-refractivity contribution in [3.63, 3.8) is 0 Å². The van der Waals surface area contributed by atoms with Gasteiger partial charge in [0.15, 0.2) is 0 Å². The minimum absolute atomic E-state index is 0.271. The maximum atomic E-state index is 12.5. The van der Waals surface area contributed by atoms with Gasteiger partial charge in [-0.15, -0.1) is 0 Å². The number of pyridine rings is 1. The molecule has 2 saturated heterocycles. The molecule has 0 radical (unpaired) electrons. The van der Waals surface area contributed by atoms with Crippen LogP contribution in [0.5, 0.6) is 0 Å². The number of carbonyl (C=O) groups is 1. The second-order valence-electron chi connectivity index (χ2n) is 6.50. The Balaban J connectivity index is 1.46. The summed E-state index contributed by atoms with van der Waals surface area (Å²) in [5.41, 5.74) is 2.37. The van der Waals surface area contributed by atoms with Crippen molar-refractivity contribution in [1.82, 2.24) is 24.6 Å². The lowest BCUT2D eigenvalue weighted by Crippen LogP contribution is -2.36. The van der Waals surface area contributed by atoms with Gasteiger partial charge in [0.05, 0.1) is 6.20 Å². The van der Waals surface area contributed by atoms with Crippen molar-refractivity contribution in [2.45, 2.75) is 38.0 Å². The highest BCUT2D eigenvalue weighted by atomic mass is 16.2. The van der Waals surface area contributed by atoms with Crippen LogP contribution in [0.2, 0.25) is 0 Å². The van der Waals surface area contributed by atoms with E-state index < -0.39 is 0 Å². The van der Waals surface area contributed by atoms with Crippen LogP contribution >= 0.6 is 0 Å². The molecule has 0 unspecified atom stereocenters. The zero-order valence-electron chi connectivity index (χ0n) is 13.3. The van der Waals surface area contributed by atoms with E-state index in [0.29, 0.717) is 25.0 Å². The summed E-state index contributed by atoms with van der Waals surface area (Å²) in [4.78, 5) is 21.0. The number of hydrogen-bond acceptors (Lipinski definition) is 4. The fourth-order valence-corrected chi connectivity index (χ4v) is 3.88. The first-order valence-electron chi connectivity index (χ1n) is 8.10. The maximum Gasteiger partial charge on any atom is 0.224 e. The molecule has 4 heterocycles. The predicted octanol–water partition coefficient (Wildman–Crippen LogP) is 1.19. The highest BCUT2D eigenvalue weighted by Crippen LogP contribution is 2.34. The molecule has 2 aliphatic heterocycles. The first-order chi connectivity index (χ1) is 11.2. The lowest BCUT2D eigenvalue weighted by Gasteiger charge is -2.25. The van der Waals surface area contributed by atoms with Crippen LogP contribution in [-0.4, -0.2) is 49.1 Å². The van der Waals surface area contributed by atoms with E-state index in [1.165, 1.54) is 5.56 Å². The summed E-state index contributed by atoms with van der Waals surface area (Å²) in [6.07, 6.45) is 9.24. The Morgan fingerprint density at radius 2 is 2.00 bits per heavy atom. The van der Waals surface area contributed by atoms with E-state index in [1.807, 2.05) is 30.1 Å². The van der Waals surface area contributed by atoms with Gasteiger partial charge < -0.3 is 4.90 Å². The monoisotopic (exact) mass is 311 g/mol. The zero-order chi connectivity index (χ0) is 15.8. The number of hydrogen-bond donors (Lipinski definition) is 0. The highest BCUT2D eigenvalue weighted by molar-refractivity contribution is 5.80. The molecule has 2 fully saturated rings. The van der Waals surface area contributed by atoms with E-state index in [0.717, 1.165) is 25.1 Å². The van der Waals surface area contributed by atoms with Gasteiger partial charge in [-0.2, -0.15) is 5.10 Å². The van der Waals surface area contributed by atoms with Crippen molar-refractivity contribution < 1.29 is 4.79 Å². The number of aromatic nitrogens is 3. The largest absolute Gasteiger partial charge is 0.334 e. The van der Waals surface area contributed by atoms with Gasteiger partial charge in [0, 0.05) is 69.3 Å². The number of carbonyl (C=O) groups excluding carboxylic acids is 1. The van der Waals surface area contributed by atoms with Gasteiger partial charge in [0.25, 0.3) is 0 Å². The quantitative estimate of drug-likeness (QED) is 0.851. The molecule has 0 N–H and O–H groups in total. The zero-order valence-corrected chi connectivity index (χ0v) is 13.3. The first-order valence-corrected chi connectivity index (χ1v) is 8.10. The van der Waals surface area contributed by atoms with Gasteiger partial charge in [-0.05, 0) is 24.1 Å². The number of rotatable bonds is 4. The molecule has 0 bridgehead atoms. The molecule has 0 aliphatic carbocycles. The summed E-state index contributed by atoms with van der Waals surface area (Å²) in [5, 5.41) is 4.24. The van der Waals surface area contributed by atoms with Gasteiger partial charge in [-0.1, -0.05) is 0 Å². The Morgan fingerprint density at radius 3 is 2.74 bits per heavy atom. The molecular formula is C17H21N5O. The third-order valence-electron chi connectivity index (χ3n) is 4.98. The van der Waals surface area contributed by atoms with E-state index in [-0.39, 0.29) is 5.91 Å². The summed E-state index contributed by atoms with van der Waals surface area (Å²) in [5.74, 6) is 0.271. The van der Waals surface area contributed by atoms with E-state index in [4.69, 9.17) is 0 Å². The summed E-state index contributed by atoms with van der Waals surface area (Å²) in [6.45, 7) is 2.62. The standard InChI is InChI=1S/C17H21N5O/c1-20-10-14(9-19-20)11-21-7-4-15-16(21)8-17(23)22(15)12-13-2-5-18-6-3-13/h2-3,5-6,9-10,15-16H,4,7-8,11-12H2,1H3/t15-,16+/m0/s1. The van der Waals surface area contributed by atoms with Gasteiger partial charge in [-0.3, -0.25) is 19.4 Å². The van der Waals surface area contributed by atoms with Gasteiger partial charge in [-0.25, -0.2) is 0 Å². The number of aryl methyl sites for hydroxylation is 1. The fraction of sp³-hybridized carbons (Fsp3) is 0.471. The number of likely N-dealkylation sites (tertiary alicyclic amines) is 2. The average molecular weight is 311 g/mol. The molecule has 1 amide bonds. The summed E-state index contributed by atoms with van der Waals surface area (Å²) >= 11 is 0. The lowest BCUT2D eigenvalue weighted by molar-refractivity contribution is -0.129. The summed E-state index contributed by atoms with van der Waals surface area (Å²) < 4.78 is 1.83. The molecule has 0 spiro atoms.